The van der Waals surface area contributed by atoms with Gasteiger partial charge in [-0.05, 0) is 44.0 Å². The van der Waals surface area contributed by atoms with E-state index in [0.29, 0.717) is 6.54 Å². The van der Waals surface area contributed by atoms with Gasteiger partial charge in [0.1, 0.15) is 0 Å². The van der Waals surface area contributed by atoms with E-state index in [9.17, 15) is 0 Å². The summed E-state index contributed by atoms with van der Waals surface area (Å²) < 4.78 is 10.6. The maximum absolute atomic E-state index is 5.31. The van der Waals surface area contributed by atoms with Crippen LogP contribution in [0.2, 0.25) is 0 Å². The molecule has 0 aliphatic heterocycles. The van der Waals surface area contributed by atoms with Crippen LogP contribution in [0.15, 0.2) is 41.5 Å². The minimum absolute atomic E-state index is 0.628. The van der Waals surface area contributed by atoms with Crippen molar-refractivity contribution in [3.8, 4) is 11.5 Å². The molecule has 2 aromatic rings. The average Bonchev–Trinajstić information content (AvgIpc) is 2.54. The molecule has 0 radical (unpaired) electrons. The number of rotatable bonds is 6. The number of ether oxygens (including phenoxy) is 2. The summed E-state index contributed by atoms with van der Waals surface area (Å²) in [4.78, 5) is 0. The Labute approximate surface area is 138 Å². The van der Waals surface area contributed by atoms with Crippen molar-refractivity contribution in [2.45, 2.75) is 27.3 Å². The molecule has 0 spiro atoms. The van der Waals surface area contributed by atoms with Crippen LogP contribution >= 0.6 is 0 Å². The van der Waals surface area contributed by atoms with E-state index in [0.717, 1.165) is 28.3 Å². The van der Waals surface area contributed by atoms with Crippen LogP contribution in [-0.2, 0) is 6.54 Å². The van der Waals surface area contributed by atoms with Gasteiger partial charge in [0, 0.05) is 5.56 Å². The molecule has 0 atom stereocenters. The molecule has 0 aromatic heterocycles. The molecule has 2 aromatic carbocycles. The Hall–Kier alpha value is -2.49. The minimum atomic E-state index is 0.628. The molecule has 0 aliphatic rings. The van der Waals surface area contributed by atoms with Gasteiger partial charge in [0.15, 0.2) is 11.5 Å². The number of hydrogen-bond acceptors (Lipinski definition) is 4. The standard InChI is InChI=1S/C19H24N2O2/c1-13-6-8-17(14(2)10-13)15(3)21-20-12-16-7-9-18(22-4)19(11-16)23-5/h6-11,20H,12H2,1-5H3/b21-15-. The monoisotopic (exact) mass is 312 g/mol. The fourth-order valence-electron chi connectivity index (χ4n) is 2.52. The molecule has 1 N–H and O–H groups in total. The van der Waals surface area contributed by atoms with Crippen molar-refractivity contribution >= 4 is 5.71 Å². The van der Waals surface area contributed by atoms with Crippen LogP contribution in [0.3, 0.4) is 0 Å². The number of benzene rings is 2. The van der Waals surface area contributed by atoms with Gasteiger partial charge in [-0.15, -0.1) is 0 Å². The highest BCUT2D eigenvalue weighted by molar-refractivity contribution is 5.99. The summed E-state index contributed by atoms with van der Waals surface area (Å²) >= 11 is 0. The molecular formula is C19H24N2O2. The first-order valence-electron chi connectivity index (χ1n) is 7.61. The molecule has 0 aliphatic carbocycles. The number of methoxy groups -OCH3 is 2. The Balaban J connectivity index is 2.06. The Kier molecular flexibility index (Phi) is 5.63. The van der Waals surface area contributed by atoms with E-state index in [-0.39, 0.29) is 0 Å². The van der Waals surface area contributed by atoms with Crippen molar-refractivity contribution in [3.05, 3.63) is 58.7 Å². The minimum Gasteiger partial charge on any atom is -0.493 e. The van der Waals surface area contributed by atoms with E-state index in [1.54, 1.807) is 14.2 Å². The van der Waals surface area contributed by atoms with Gasteiger partial charge in [-0.3, -0.25) is 0 Å². The second-order valence-electron chi connectivity index (χ2n) is 5.54. The lowest BCUT2D eigenvalue weighted by molar-refractivity contribution is 0.354. The molecule has 0 amide bonds. The highest BCUT2D eigenvalue weighted by Crippen LogP contribution is 2.27. The van der Waals surface area contributed by atoms with Gasteiger partial charge in [-0.2, -0.15) is 5.10 Å². The largest absolute Gasteiger partial charge is 0.493 e. The summed E-state index contributed by atoms with van der Waals surface area (Å²) in [6.07, 6.45) is 0. The molecular weight excluding hydrogens is 288 g/mol. The zero-order chi connectivity index (χ0) is 16.8. The second-order valence-corrected chi connectivity index (χ2v) is 5.54. The van der Waals surface area contributed by atoms with Gasteiger partial charge in [0.25, 0.3) is 0 Å². The lowest BCUT2D eigenvalue weighted by Gasteiger charge is -2.10. The summed E-state index contributed by atoms with van der Waals surface area (Å²) in [5.41, 5.74) is 8.84. The SMILES string of the molecule is COc1ccc(CN/N=C(/C)c2ccc(C)cc2C)cc1OC. The van der Waals surface area contributed by atoms with Crippen LogP contribution in [0.1, 0.15) is 29.2 Å². The van der Waals surface area contributed by atoms with Crippen molar-refractivity contribution in [2.75, 3.05) is 14.2 Å². The fraction of sp³-hybridized carbons (Fsp3) is 0.316. The number of nitrogens with one attached hydrogen (secondary N) is 1. The van der Waals surface area contributed by atoms with Crippen molar-refractivity contribution in [1.29, 1.82) is 0 Å². The predicted molar refractivity (Wildman–Crippen MR) is 94.5 cm³/mol. The quantitative estimate of drug-likeness (QED) is 0.651. The predicted octanol–water partition coefficient (Wildman–Crippen LogP) is 3.83. The number of aryl methyl sites for hydroxylation is 2. The van der Waals surface area contributed by atoms with Gasteiger partial charge in [0.2, 0.25) is 0 Å². The van der Waals surface area contributed by atoms with Gasteiger partial charge in [-0.1, -0.05) is 29.8 Å². The molecule has 0 heterocycles. The Morgan fingerprint density at radius 2 is 1.74 bits per heavy atom. The number of nitrogens with zero attached hydrogens (tertiary/aromatic N) is 1. The summed E-state index contributed by atoms with van der Waals surface area (Å²) in [6.45, 7) is 6.84. The molecule has 4 nitrogen and oxygen atoms in total. The Morgan fingerprint density at radius 3 is 2.39 bits per heavy atom. The van der Waals surface area contributed by atoms with E-state index >= 15 is 0 Å². The van der Waals surface area contributed by atoms with Crippen LogP contribution in [0.4, 0.5) is 0 Å². The van der Waals surface area contributed by atoms with E-state index < -0.39 is 0 Å². The normalized spacial score (nSPS) is 11.3. The maximum Gasteiger partial charge on any atom is 0.161 e. The molecule has 0 saturated heterocycles. The van der Waals surface area contributed by atoms with Gasteiger partial charge >= 0.3 is 0 Å². The molecule has 122 valence electrons. The Morgan fingerprint density at radius 1 is 1.00 bits per heavy atom. The van der Waals surface area contributed by atoms with Gasteiger partial charge in [0.05, 0.1) is 26.5 Å². The van der Waals surface area contributed by atoms with E-state index in [1.165, 1.54) is 11.1 Å². The highest BCUT2D eigenvalue weighted by Gasteiger charge is 2.05. The summed E-state index contributed by atoms with van der Waals surface area (Å²) in [6, 6.07) is 12.2. The second kappa shape index (κ2) is 7.68. The summed E-state index contributed by atoms with van der Waals surface area (Å²) in [5.74, 6) is 1.45. The molecule has 2 rings (SSSR count). The average molecular weight is 312 g/mol. The highest BCUT2D eigenvalue weighted by atomic mass is 16.5. The first-order chi connectivity index (χ1) is 11.0. The number of hydrogen-bond donors (Lipinski definition) is 1. The molecule has 4 heteroatoms. The van der Waals surface area contributed by atoms with Crippen molar-refractivity contribution in [3.63, 3.8) is 0 Å². The first-order valence-corrected chi connectivity index (χ1v) is 7.61. The lowest BCUT2D eigenvalue weighted by Crippen LogP contribution is -2.10. The maximum atomic E-state index is 5.31. The lowest BCUT2D eigenvalue weighted by atomic mass is 10.0. The molecule has 0 fully saturated rings. The van der Waals surface area contributed by atoms with Crippen LogP contribution in [0.25, 0.3) is 0 Å². The van der Waals surface area contributed by atoms with Gasteiger partial charge < -0.3 is 14.9 Å². The third-order valence-electron chi connectivity index (χ3n) is 3.75. The molecule has 23 heavy (non-hydrogen) atoms. The first kappa shape index (κ1) is 16.9. The zero-order valence-corrected chi connectivity index (χ0v) is 14.4. The Bertz CT molecular complexity index is 709. The van der Waals surface area contributed by atoms with Crippen molar-refractivity contribution in [2.24, 2.45) is 5.10 Å². The summed E-state index contributed by atoms with van der Waals surface area (Å²) in [5, 5.41) is 4.47. The van der Waals surface area contributed by atoms with Gasteiger partial charge in [-0.25, -0.2) is 0 Å². The van der Waals surface area contributed by atoms with Crippen LogP contribution < -0.4 is 14.9 Å². The van der Waals surface area contributed by atoms with Crippen LogP contribution in [-0.4, -0.2) is 19.9 Å². The van der Waals surface area contributed by atoms with Crippen molar-refractivity contribution < 1.29 is 9.47 Å². The molecule has 0 bridgehead atoms. The smallest absolute Gasteiger partial charge is 0.161 e. The topological polar surface area (TPSA) is 42.8 Å². The van der Waals surface area contributed by atoms with E-state index in [4.69, 9.17) is 9.47 Å². The zero-order valence-electron chi connectivity index (χ0n) is 14.4. The van der Waals surface area contributed by atoms with Crippen molar-refractivity contribution in [1.82, 2.24) is 5.43 Å². The van der Waals surface area contributed by atoms with E-state index in [2.05, 4.69) is 42.6 Å². The van der Waals surface area contributed by atoms with Crippen LogP contribution in [0.5, 0.6) is 11.5 Å². The molecule has 0 saturated carbocycles. The molecule has 0 unspecified atom stereocenters. The third-order valence-corrected chi connectivity index (χ3v) is 3.75. The fourth-order valence-corrected chi connectivity index (χ4v) is 2.52. The third kappa shape index (κ3) is 4.25. The summed E-state index contributed by atoms with van der Waals surface area (Å²) in [7, 11) is 3.27. The number of hydrazone groups is 1. The van der Waals surface area contributed by atoms with E-state index in [1.807, 2.05) is 25.1 Å². The van der Waals surface area contributed by atoms with Crippen LogP contribution in [0, 0.1) is 13.8 Å².